The van der Waals surface area contributed by atoms with Gasteiger partial charge in [0, 0.05) is 17.8 Å². The standard InChI is InChI=1S/C22H24F2N4O2S/c1-13(2)28-20(11-30-19-9-14(3)5-6-15(19)4)26-27-22(28)31-12-21(29)25-16-7-8-17(23)18(24)10-16/h5-10,13H,11-12H2,1-4H3,(H,25,29). The topological polar surface area (TPSA) is 69.0 Å². The average Bonchev–Trinajstić information content (AvgIpc) is 3.13. The highest BCUT2D eigenvalue weighted by Crippen LogP contribution is 2.24. The van der Waals surface area contributed by atoms with Crippen molar-refractivity contribution in [2.45, 2.75) is 45.5 Å². The van der Waals surface area contributed by atoms with Crippen LogP contribution in [0.3, 0.4) is 0 Å². The van der Waals surface area contributed by atoms with E-state index in [2.05, 4.69) is 15.5 Å². The molecule has 0 aliphatic carbocycles. The van der Waals surface area contributed by atoms with Crippen LogP contribution in [0.5, 0.6) is 5.75 Å². The molecule has 164 valence electrons. The van der Waals surface area contributed by atoms with Crippen LogP contribution in [0.25, 0.3) is 0 Å². The lowest BCUT2D eigenvalue weighted by molar-refractivity contribution is -0.113. The van der Waals surface area contributed by atoms with Crippen molar-refractivity contribution in [1.82, 2.24) is 14.8 Å². The van der Waals surface area contributed by atoms with Crippen LogP contribution in [0, 0.1) is 25.5 Å². The van der Waals surface area contributed by atoms with Gasteiger partial charge in [0.1, 0.15) is 12.4 Å². The number of carbonyl (C=O) groups is 1. The molecule has 3 aromatic rings. The molecule has 6 nitrogen and oxygen atoms in total. The number of hydrogen-bond donors (Lipinski definition) is 1. The minimum atomic E-state index is -1.02. The maximum atomic E-state index is 13.3. The van der Waals surface area contributed by atoms with E-state index >= 15 is 0 Å². The summed E-state index contributed by atoms with van der Waals surface area (Å²) in [4.78, 5) is 12.2. The summed E-state index contributed by atoms with van der Waals surface area (Å²) < 4.78 is 34.2. The number of halogens is 2. The van der Waals surface area contributed by atoms with Gasteiger partial charge in [-0.1, -0.05) is 23.9 Å². The Kier molecular flexibility index (Phi) is 7.27. The van der Waals surface area contributed by atoms with Crippen molar-refractivity contribution in [3.63, 3.8) is 0 Å². The van der Waals surface area contributed by atoms with Crippen molar-refractivity contribution in [1.29, 1.82) is 0 Å². The fourth-order valence-electron chi connectivity index (χ4n) is 2.93. The number of aryl methyl sites for hydroxylation is 2. The number of nitrogens with one attached hydrogen (secondary N) is 1. The van der Waals surface area contributed by atoms with Crippen LogP contribution in [0.1, 0.15) is 36.8 Å². The van der Waals surface area contributed by atoms with Gasteiger partial charge in [-0.15, -0.1) is 10.2 Å². The second-order valence-corrected chi connectivity index (χ2v) is 8.33. The van der Waals surface area contributed by atoms with Gasteiger partial charge < -0.3 is 14.6 Å². The predicted molar refractivity (Wildman–Crippen MR) is 116 cm³/mol. The summed E-state index contributed by atoms with van der Waals surface area (Å²) in [6, 6.07) is 9.28. The molecule has 0 unspecified atom stereocenters. The van der Waals surface area contributed by atoms with Crippen molar-refractivity contribution >= 4 is 23.4 Å². The number of thioether (sulfide) groups is 1. The van der Waals surface area contributed by atoms with Crippen LogP contribution in [0.2, 0.25) is 0 Å². The second kappa shape index (κ2) is 9.91. The monoisotopic (exact) mass is 446 g/mol. The first-order valence-corrected chi connectivity index (χ1v) is 10.7. The average molecular weight is 447 g/mol. The van der Waals surface area contributed by atoms with Crippen molar-refractivity contribution < 1.29 is 18.3 Å². The summed E-state index contributed by atoms with van der Waals surface area (Å²) in [6.07, 6.45) is 0. The molecule has 31 heavy (non-hydrogen) atoms. The Balaban J connectivity index is 1.65. The third kappa shape index (κ3) is 5.81. The van der Waals surface area contributed by atoms with Crippen LogP contribution in [0.4, 0.5) is 14.5 Å². The van der Waals surface area contributed by atoms with Gasteiger partial charge >= 0.3 is 0 Å². The zero-order valence-corrected chi connectivity index (χ0v) is 18.6. The molecule has 2 aromatic carbocycles. The van der Waals surface area contributed by atoms with E-state index in [1.807, 2.05) is 50.5 Å². The van der Waals surface area contributed by atoms with Crippen LogP contribution in [0.15, 0.2) is 41.6 Å². The minimum absolute atomic E-state index is 0.0433. The summed E-state index contributed by atoms with van der Waals surface area (Å²) >= 11 is 1.21. The Hall–Kier alpha value is -2.94. The zero-order chi connectivity index (χ0) is 22.5. The molecule has 9 heteroatoms. The summed E-state index contributed by atoms with van der Waals surface area (Å²) in [5, 5.41) is 11.6. The molecule has 0 spiro atoms. The highest BCUT2D eigenvalue weighted by molar-refractivity contribution is 7.99. The van der Waals surface area contributed by atoms with E-state index in [1.165, 1.54) is 17.8 Å². The van der Waals surface area contributed by atoms with E-state index in [1.54, 1.807) is 0 Å². The Labute approximate surface area is 184 Å². The molecule has 1 heterocycles. The number of nitrogens with zero attached hydrogens (tertiary/aromatic N) is 3. The third-order valence-corrected chi connectivity index (χ3v) is 5.43. The summed E-state index contributed by atoms with van der Waals surface area (Å²) in [5.74, 6) is -0.853. The quantitative estimate of drug-likeness (QED) is 0.490. The number of ether oxygens (including phenoxy) is 1. The van der Waals surface area contributed by atoms with E-state index in [0.29, 0.717) is 11.0 Å². The summed E-state index contributed by atoms with van der Waals surface area (Å²) in [6.45, 7) is 8.22. The molecule has 0 saturated heterocycles. The molecule has 0 radical (unpaired) electrons. The molecule has 0 fully saturated rings. The van der Waals surface area contributed by atoms with Gasteiger partial charge in [-0.3, -0.25) is 4.79 Å². The summed E-state index contributed by atoms with van der Waals surface area (Å²) in [7, 11) is 0. The number of carbonyl (C=O) groups excluding carboxylic acids is 1. The Morgan fingerprint density at radius 1 is 1.13 bits per heavy atom. The minimum Gasteiger partial charge on any atom is -0.485 e. The highest BCUT2D eigenvalue weighted by Gasteiger charge is 2.17. The first kappa shape index (κ1) is 22.7. The third-order valence-electron chi connectivity index (χ3n) is 4.49. The van der Waals surface area contributed by atoms with E-state index in [9.17, 15) is 13.6 Å². The van der Waals surface area contributed by atoms with Gasteiger partial charge in [-0.25, -0.2) is 8.78 Å². The maximum Gasteiger partial charge on any atom is 0.234 e. The van der Waals surface area contributed by atoms with Crippen LogP contribution in [-0.2, 0) is 11.4 Å². The predicted octanol–water partition coefficient (Wildman–Crippen LogP) is 5.06. The van der Waals surface area contributed by atoms with Crippen molar-refractivity contribution in [2.24, 2.45) is 0 Å². The number of benzene rings is 2. The Bertz CT molecular complexity index is 1090. The van der Waals surface area contributed by atoms with Gasteiger partial charge in [0.25, 0.3) is 0 Å². The first-order chi connectivity index (χ1) is 14.7. The number of aromatic nitrogens is 3. The first-order valence-electron chi connectivity index (χ1n) is 9.76. The van der Waals surface area contributed by atoms with Crippen molar-refractivity contribution in [3.05, 3.63) is 65.0 Å². The van der Waals surface area contributed by atoms with E-state index < -0.39 is 11.6 Å². The number of anilines is 1. The molecule has 1 aromatic heterocycles. The molecule has 0 saturated carbocycles. The van der Waals surface area contributed by atoms with Crippen molar-refractivity contribution in [3.8, 4) is 5.75 Å². The van der Waals surface area contributed by atoms with Crippen LogP contribution >= 0.6 is 11.8 Å². The summed E-state index contributed by atoms with van der Waals surface area (Å²) in [5.41, 5.74) is 2.33. The number of hydrogen-bond acceptors (Lipinski definition) is 5. The lowest BCUT2D eigenvalue weighted by atomic mass is 10.1. The largest absolute Gasteiger partial charge is 0.485 e. The fraction of sp³-hybridized carbons (Fsp3) is 0.318. The lowest BCUT2D eigenvalue weighted by Crippen LogP contribution is -2.16. The molecule has 0 aliphatic rings. The van der Waals surface area contributed by atoms with E-state index in [-0.39, 0.29) is 30.0 Å². The molecule has 3 rings (SSSR count). The van der Waals surface area contributed by atoms with Gasteiger partial charge in [-0.2, -0.15) is 0 Å². The van der Waals surface area contributed by atoms with E-state index in [4.69, 9.17) is 4.74 Å². The smallest absolute Gasteiger partial charge is 0.234 e. The van der Waals surface area contributed by atoms with Crippen LogP contribution < -0.4 is 10.1 Å². The van der Waals surface area contributed by atoms with Gasteiger partial charge in [-0.05, 0) is 57.0 Å². The molecule has 0 bridgehead atoms. The van der Waals surface area contributed by atoms with Crippen LogP contribution in [-0.4, -0.2) is 26.4 Å². The number of rotatable bonds is 8. The van der Waals surface area contributed by atoms with Crippen molar-refractivity contribution in [2.75, 3.05) is 11.1 Å². The Morgan fingerprint density at radius 2 is 1.90 bits per heavy atom. The fourth-order valence-corrected chi connectivity index (χ4v) is 3.82. The molecule has 1 amide bonds. The van der Waals surface area contributed by atoms with Gasteiger partial charge in [0.15, 0.2) is 22.6 Å². The molecule has 1 N–H and O–H groups in total. The van der Waals surface area contributed by atoms with Gasteiger partial charge in [0.2, 0.25) is 5.91 Å². The van der Waals surface area contributed by atoms with Gasteiger partial charge in [0.05, 0.1) is 5.75 Å². The molecule has 0 atom stereocenters. The highest BCUT2D eigenvalue weighted by atomic mass is 32.2. The zero-order valence-electron chi connectivity index (χ0n) is 17.8. The number of amides is 1. The molecular formula is C22H24F2N4O2S. The van der Waals surface area contributed by atoms with E-state index in [0.717, 1.165) is 29.0 Å². The molecule has 0 aliphatic heterocycles. The normalized spacial score (nSPS) is 11.1. The second-order valence-electron chi connectivity index (χ2n) is 7.39. The SMILES string of the molecule is Cc1ccc(C)c(OCc2nnc(SCC(=O)Nc3ccc(F)c(F)c3)n2C(C)C)c1. The lowest BCUT2D eigenvalue weighted by Gasteiger charge is -2.15. The Morgan fingerprint density at radius 3 is 2.61 bits per heavy atom. The maximum absolute atomic E-state index is 13.3. The molecular weight excluding hydrogens is 422 g/mol.